The average molecular weight is 449 g/mol. The molecular formula is C24H32N8O. The Hall–Kier alpha value is -3.20. The van der Waals surface area contributed by atoms with E-state index in [0.29, 0.717) is 29.9 Å². The first kappa shape index (κ1) is 21.6. The predicted molar refractivity (Wildman–Crippen MR) is 130 cm³/mol. The monoisotopic (exact) mass is 448 g/mol. The highest BCUT2D eigenvalue weighted by Gasteiger charge is 2.34. The Morgan fingerprint density at radius 1 is 1.12 bits per heavy atom. The summed E-state index contributed by atoms with van der Waals surface area (Å²) in [4.78, 5) is 33.2. The molecule has 2 atom stereocenters. The van der Waals surface area contributed by atoms with Gasteiger partial charge in [-0.05, 0) is 31.2 Å². The standard InChI is InChI=1S/C24H32N8O/c1-5-16(2)20-15-30(4)23(33)19-12-17-13-26-24(28-22(17)32(19)20)27-21-7-6-18(14-25-21)31-10-8-29(3)9-11-31/h6-7,12-14,16,20H,5,8-11,15H2,1-4H3,(H,25,26,27,28). The Kier molecular flexibility index (Phi) is 5.65. The summed E-state index contributed by atoms with van der Waals surface area (Å²) in [6.45, 7) is 9.25. The van der Waals surface area contributed by atoms with Gasteiger partial charge in [-0.2, -0.15) is 4.98 Å². The second kappa shape index (κ2) is 8.62. The number of aromatic nitrogens is 4. The summed E-state index contributed by atoms with van der Waals surface area (Å²) in [7, 11) is 4.02. The van der Waals surface area contributed by atoms with Gasteiger partial charge in [0.1, 0.15) is 17.2 Å². The highest BCUT2D eigenvalue weighted by Crippen LogP contribution is 2.33. The van der Waals surface area contributed by atoms with Crippen LogP contribution in [0, 0.1) is 5.92 Å². The summed E-state index contributed by atoms with van der Waals surface area (Å²) in [5, 5.41) is 4.12. The summed E-state index contributed by atoms with van der Waals surface area (Å²) in [5.41, 5.74) is 2.61. The van der Waals surface area contributed by atoms with Gasteiger partial charge in [-0.3, -0.25) is 4.79 Å². The maximum absolute atomic E-state index is 12.8. The molecule has 1 N–H and O–H groups in total. The van der Waals surface area contributed by atoms with E-state index in [0.717, 1.165) is 49.3 Å². The molecule has 33 heavy (non-hydrogen) atoms. The van der Waals surface area contributed by atoms with E-state index >= 15 is 0 Å². The van der Waals surface area contributed by atoms with Crippen LogP contribution in [0.3, 0.4) is 0 Å². The van der Waals surface area contributed by atoms with Gasteiger partial charge in [0.15, 0.2) is 0 Å². The van der Waals surface area contributed by atoms with Crippen LogP contribution < -0.4 is 10.2 Å². The predicted octanol–water partition coefficient (Wildman–Crippen LogP) is 2.99. The van der Waals surface area contributed by atoms with E-state index in [-0.39, 0.29) is 11.9 Å². The molecular weight excluding hydrogens is 416 g/mol. The number of nitrogens with zero attached hydrogens (tertiary/aromatic N) is 7. The molecule has 2 aliphatic heterocycles. The first-order valence-corrected chi connectivity index (χ1v) is 11.7. The quantitative estimate of drug-likeness (QED) is 0.642. The zero-order valence-corrected chi connectivity index (χ0v) is 19.8. The number of fused-ring (bicyclic) bond motifs is 3. The highest BCUT2D eigenvalue weighted by molar-refractivity contribution is 5.98. The molecule has 0 saturated carbocycles. The summed E-state index contributed by atoms with van der Waals surface area (Å²) >= 11 is 0. The van der Waals surface area contributed by atoms with Crippen LogP contribution in [0.4, 0.5) is 17.5 Å². The SMILES string of the molecule is CCC(C)C1CN(C)C(=O)c2cc3cnc(Nc4ccc(N5CCN(C)CC5)cn4)nc3n21. The smallest absolute Gasteiger partial charge is 0.270 e. The number of pyridine rings is 1. The van der Waals surface area contributed by atoms with Gasteiger partial charge < -0.3 is 24.6 Å². The third-order valence-corrected chi connectivity index (χ3v) is 7.09. The third kappa shape index (κ3) is 4.01. The van der Waals surface area contributed by atoms with Gasteiger partial charge in [0.25, 0.3) is 5.91 Å². The average Bonchev–Trinajstić information content (AvgIpc) is 3.21. The molecule has 9 heteroatoms. The zero-order chi connectivity index (χ0) is 23.1. The first-order chi connectivity index (χ1) is 15.9. The summed E-state index contributed by atoms with van der Waals surface area (Å²) in [5.74, 6) is 1.64. The molecule has 0 spiro atoms. The molecule has 1 fully saturated rings. The Morgan fingerprint density at radius 3 is 2.61 bits per heavy atom. The molecule has 3 aromatic rings. The Morgan fingerprint density at radius 2 is 1.91 bits per heavy atom. The molecule has 9 nitrogen and oxygen atoms in total. The molecule has 1 saturated heterocycles. The number of amides is 1. The highest BCUT2D eigenvalue weighted by atomic mass is 16.2. The lowest BCUT2D eigenvalue weighted by molar-refractivity contribution is 0.0692. The van der Waals surface area contributed by atoms with Crippen molar-refractivity contribution < 1.29 is 4.79 Å². The lowest BCUT2D eigenvalue weighted by Gasteiger charge is -2.35. The number of nitrogens with one attached hydrogen (secondary N) is 1. The summed E-state index contributed by atoms with van der Waals surface area (Å²) < 4.78 is 2.11. The summed E-state index contributed by atoms with van der Waals surface area (Å²) in [6, 6.07) is 6.16. The second-order valence-corrected chi connectivity index (χ2v) is 9.33. The topological polar surface area (TPSA) is 82.4 Å². The van der Waals surface area contributed by atoms with Crippen LogP contribution in [-0.2, 0) is 0 Å². The number of carbonyl (C=O) groups excluding carboxylic acids is 1. The number of piperazine rings is 1. The molecule has 5 rings (SSSR count). The lowest BCUT2D eigenvalue weighted by atomic mass is 9.96. The van der Waals surface area contributed by atoms with Crippen LogP contribution >= 0.6 is 0 Å². The van der Waals surface area contributed by atoms with E-state index < -0.39 is 0 Å². The van der Waals surface area contributed by atoms with Crippen molar-refractivity contribution in [1.82, 2.24) is 29.3 Å². The maximum atomic E-state index is 12.8. The molecule has 3 aromatic heterocycles. The van der Waals surface area contributed by atoms with Crippen molar-refractivity contribution in [1.29, 1.82) is 0 Å². The van der Waals surface area contributed by atoms with Crippen molar-refractivity contribution >= 4 is 34.4 Å². The normalized spacial score (nSPS) is 20.2. The van der Waals surface area contributed by atoms with Gasteiger partial charge >= 0.3 is 0 Å². The number of likely N-dealkylation sites (N-methyl/N-ethyl adjacent to an activating group) is 2. The van der Waals surface area contributed by atoms with E-state index in [4.69, 9.17) is 4.98 Å². The molecule has 174 valence electrons. The minimum absolute atomic E-state index is 0.0308. The molecule has 0 radical (unpaired) electrons. The van der Waals surface area contributed by atoms with Gasteiger partial charge in [0.2, 0.25) is 5.95 Å². The van der Waals surface area contributed by atoms with Gasteiger partial charge in [-0.1, -0.05) is 20.3 Å². The minimum atomic E-state index is 0.0308. The Balaban J connectivity index is 1.41. The number of rotatable bonds is 5. The molecule has 0 aromatic carbocycles. The van der Waals surface area contributed by atoms with Crippen LogP contribution in [0.15, 0.2) is 30.6 Å². The second-order valence-electron chi connectivity index (χ2n) is 9.33. The van der Waals surface area contributed by atoms with Crippen molar-refractivity contribution in [2.45, 2.75) is 26.3 Å². The van der Waals surface area contributed by atoms with Crippen molar-refractivity contribution in [3.63, 3.8) is 0 Å². The molecule has 1 amide bonds. The number of anilines is 3. The van der Waals surface area contributed by atoms with E-state index in [1.54, 1.807) is 6.20 Å². The fourth-order valence-corrected chi connectivity index (χ4v) is 4.74. The van der Waals surface area contributed by atoms with E-state index in [2.05, 4.69) is 56.6 Å². The fraction of sp³-hybridized carbons (Fsp3) is 0.500. The molecule has 0 bridgehead atoms. The molecule has 2 aliphatic rings. The number of hydrogen-bond donors (Lipinski definition) is 1. The lowest BCUT2D eigenvalue weighted by Crippen LogP contribution is -2.44. The zero-order valence-electron chi connectivity index (χ0n) is 19.8. The van der Waals surface area contributed by atoms with Crippen molar-refractivity contribution in [3.05, 3.63) is 36.3 Å². The van der Waals surface area contributed by atoms with Crippen LogP contribution in [0.5, 0.6) is 0 Å². The van der Waals surface area contributed by atoms with Crippen LogP contribution in [0.25, 0.3) is 11.0 Å². The Labute approximate surface area is 194 Å². The van der Waals surface area contributed by atoms with Crippen LogP contribution in [-0.4, -0.2) is 82.0 Å². The number of carbonyl (C=O) groups is 1. The minimum Gasteiger partial charge on any atom is -0.368 e. The van der Waals surface area contributed by atoms with Gasteiger partial charge in [-0.15, -0.1) is 0 Å². The first-order valence-electron chi connectivity index (χ1n) is 11.7. The van der Waals surface area contributed by atoms with Crippen molar-refractivity contribution in [2.24, 2.45) is 5.92 Å². The number of hydrogen-bond acceptors (Lipinski definition) is 7. The third-order valence-electron chi connectivity index (χ3n) is 7.09. The van der Waals surface area contributed by atoms with E-state index in [1.807, 2.05) is 30.3 Å². The largest absolute Gasteiger partial charge is 0.368 e. The Bertz CT molecular complexity index is 1150. The van der Waals surface area contributed by atoms with Gasteiger partial charge in [0, 0.05) is 51.4 Å². The molecule has 0 aliphatic carbocycles. The van der Waals surface area contributed by atoms with Crippen molar-refractivity contribution in [2.75, 3.05) is 57.0 Å². The van der Waals surface area contributed by atoms with E-state index in [9.17, 15) is 4.79 Å². The summed E-state index contributed by atoms with van der Waals surface area (Å²) in [6.07, 6.45) is 4.72. The van der Waals surface area contributed by atoms with Crippen LogP contribution in [0.2, 0.25) is 0 Å². The van der Waals surface area contributed by atoms with Crippen LogP contribution in [0.1, 0.15) is 36.8 Å². The van der Waals surface area contributed by atoms with E-state index in [1.165, 1.54) is 0 Å². The fourth-order valence-electron chi connectivity index (χ4n) is 4.74. The molecule has 5 heterocycles. The van der Waals surface area contributed by atoms with Gasteiger partial charge in [-0.25, -0.2) is 9.97 Å². The maximum Gasteiger partial charge on any atom is 0.270 e. The molecule has 2 unspecified atom stereocenters. The van der Waals surface area contributed by atoms with Gasteiger partial charge in [0.05, 0.1) is 17.9 Å². The van der Waals surface area contributed by atoms with Crippen molar-refractivity contribution in [3.8, 4) is 0 Å².